The zero-order valence-electron chi connectivity index (χ0n) is 12.3. The SMILES string of the molecule is COC1(C)CCCN(c2nc(C)ccc2/C(N)=N/O)C1. The number of amidine groups is 1. The molecule has 1 atom stereocenters. The summed E-state index contributed by atoms with van der Waals surface area (Å²) in [5.41, 5.74) is 7.12. The maximum absolute atomic E-state index is 8.92. The van der Waals surface area contributed by atoms with Gasteiger partial charge in [0.15, 0.2) is 5.84 Å². The lowest BCUT2D eigenvalue weighted by atomic mass is 9.94. The highest BCUT2D eigenvalue weighted by atomic mass is 16.5. The summed E-state index contributed by atoms with van der Waals surface area (Å²) in [6.45, 7) is 5.66. The Hall–Kier alpha value is -1.82. The minimum Gasteiger partial charge on any atom is -0.409 e. The molecular weight excluding hydrogens is 256 g/mol. The predicted molar refractivity (Wildman–Crippen MR) is 78.3 cm³/mol. The second-order valence-electron chi connectivity index (χ2n) is 5.49. The molecule has 0 bridgehead atoms. The van der Waals surface area contributed by atoms with Crippen molar-refractivity contribution < 1.29 is 9.94 Å². The van der Waals surface area contributed by atoms with E-state index in [1.165, 1.54) is 0 Å². The van der Waals surface area contributed by atoms with Gasteiger partial charge in [-0.1, -0.05) is 5.16 Å². The number of hydrogen-bond acceptors (Lipinski definition) is 5. The van der Waals surface area contributed by atoms with Crippen LogP contribution in [-0.2, 0) is 4.74 Å². The van der Waals surface area contributed by atoms with Crippen molar-refractivity contribution >= 4 is 11.7 Å². The molecule has 0 amide bonds. The molecule has 1 aromatic rings. The van der Waals surface area contributed by atoms with Crippen molar-refractivity contribution in [2.24, 2.45) is 10.9 Å². The first kappa shape index (κ1) is 14.6. The highest BCUT2D eigenvalue weighted by Gasteiger charge is 2.32. The molecule has 0 saturated carbocycles. The van der Waals surface area contributed by atoms with Crippen LogP contribution in [0.5, 0.6) is 0 Å². The van der Waals surface area contributed by atoms with E-state index in [1.54, 1.807) is 7.11 Å². The Morgan fingerprint density at radius 2 is 2.30 bits per heavy atom. The first-order valence-electron chi connectivity index (χ1n) is 6.75. The molecule has 0 aromatic carbocycles. The zero-order chi connectivity index (χ0) is 14.8. The van der Waals surface area contributed by atoms with E-state index in [0.717, 1.165) is 37.4 Å². The first-order valence-corrected chi connectivity index (χ1v) is 6.75. The van der Waals surface area contributed by atoms with Crippen molar-refractivity contribution in [2.45, 2.75) is 32.3 Å². The molecule has 2 heterocycles. The van der Waals surface area contributed by atoms with Gasteiger partial charge in [-0.2, -0.15) is 0 Å². The molecule has 1 aliphatic rings. The molecule has 2 rings (SSSR count). The Balaban J connectivity index is 2.38. The van der Waals surface area contributed by atoms with Crippen LogP contribution in [0, 0.1) is 6.92 Å². The van der Waals surface area contributed by atoms with Gasteiger partial charge in [-0.15, -0.1) is 0 Å². The fourth-order valence-corrected chi connectivity index (χ4v) is 2.59. The minimum atomic E-state index is -0.188. The van der Waals surface area contributed by atoms with Crippen LogP contribution in [0.15, 0.2) is 17.3 Å². The third-order valence-electron chi connectivity index (χ3n) is 3.85. The van der Waals surface area contributed by atoms with Crippen molar-refractivity contribution in [3.63, 3.8) is 0 Å². The lowest BCUT2D eigenvalue weighted by Crippen LogP contribution is -2.48. The Kier molecular flexibility index (Phi) is 4.13. The first-order chi connectivity index (χ1) is 9.49. The van der Waals surface area contributed by atoms with Crippen LogP contribution in [0.1, 0.15) is 31.0 Å². The fraction of sp³-hybridized carbons (Fsp3) is 0.571. The van der Waals surface area contributed by atoms with E-state index in [4.69, 9.17) is 15.7 Å². The molecule has 6 heteroatoms. The van der Waals surface area contributed by atoms with Gasteiger partial charge in [-0.25, -0.2) is 4.98 Å². The van der Waals surface area contributed by atoms with E-state index in [0.29, 0.717) is 5.56 Å². The van der Waals surface area contributed by atoms with E-state index in [1.807, 2.05) is 19.1 Å². The number of nitrogens with zero attached hydrogens (tertiary/aromatic N) is 3. The number of oxime groups is 1. The average molecular weight is 278 g/mol. The summed E-state index contributed by atoms with van der Waals surface area (Å²) >= 11 is 0. The van der Waals surface area contributed by atoms with Crippen LogP contribution in [0.4, 0.5) is 5.82 Å². The van der Waals surface area contributed by atoms with Gasteiger partial charge >= 0.3 is 0 Å². The lowest BCUT2D eigenvalue weighted by molar-refractivity contribution is -0.00482. The van der Waals surface area contributed by atoms with Crippen molar-refractivity contribution in [3.05, 3.63) is 23.4 Å². The monoisotopic (exact) mass is 278 g/mol. The summed E-state index contributed by atoms with van der Waals surface area (Å²) in [4.78, 5) is 6.71. The highest BCUT2D eigenvalue weighted by Crippen LogP contribution is 2.29. The molecule has 6 nitrogen and oxygen atoms in total. The van der Waals surface area contributed by atoms with Gasteiger partial charge in [0.25, 0.3) is 0 Å². The maximum atomic E-state index is 8.92. The third kappa shape index (κ3) is 2.85. The molecule has 0 spiro atoms. The number of ether oxygens (including phenoxy) is 1. The second-order valence-corrected chi connectivity index (χ2v) is 5.49. The Labute approximate surface area is 119 Å². The van der Waals surface area contributed by atoms with Crippen LogP contribution in [-0.4, -0.2) is 41.8 Å². The third-order valence-corrected chi connectivity index (χ3v) is 3.85. The molecule has 20 heavy (non-hydrogen) atoms. The van der Waals surface area contributed by atoms with Gasteiger partial charge in [0.05, 0.1) is 11.2 Å². The number of hydrogen-bond donors (Lipinski definition) is 2. The van der Waals surface area contributed by atoms with E-state index in [9.17, 15) is 0 Å². The van der Waals surface area contributed by atoms with E-state index < -0.39 is 0 Å². The second kappa shape index (κ2) is 5.66. The molecule has 1 aliphatic heterocycles. The quantitative estimate of drug-likeness (QED) is 0.379. The summed E-state index contributed by atoms with van der Waals surface area (Å²) in [6, 6.07) is 3.70. The molecule has 1 fully saturated rings. The van der Waals surface area contributed by atoms with Crippen LogP contribution in [0.25, 0.3) is 0 Å². The fourth-order valence-electron chi connectivity index (χ4n) is 2.59. The van der Waals surface area contributed by atoms with Gasteiger partial charge in [-0.3, -0.25) is 0 Å². The summed E-state index contributed by atoms with van der Waals surface area (Å²) in [6.07, 6.45) is 2.04. The van der Waals surface area contributed by atoms with Crippen molar-refractivity contribution in [2.75, 3.05) is 25.1 Å². The zero-order valence-corrected chi connectivity index (χ0v) is 12.3. The van der Waals surface area contributed by atoms with Gasteiger partial charge < -0.3 is 20.6 Å². The number of aromatic nitrogens is 1. The molecule has 0 radical (unpaired) electrons. The topological polar surface area (TPSA) is 84.0 Å². The predicted octanol–water partition coefficient (Wildman–Crippen LogP) is 1.49. The van der Waals surface area contributed by atoms with Gasteiger partial charge in [-0.05, 0) is 38.8 Å². The number of piperidine rings is 1. The van der Waals surface area contributed by atoms with Gasteiger partial charge in [0, 0.05) is 25.9 Å². The van der Waals surface area contributed by atoms with Crippen LogP contribution < -0.4 is 10.6 Å². The number of rotatable bonds is 3. The standard InChI is InChI=1S/C14H22N4O2/c1-10-5-6-11(12(15)17-19)13(16-10)18-8-4-7-14(2,9-18)20-3/h5-6,19H,4,7-9H2,1-3H3,(H2,15,17). The highest BCUT2D eigenvalue weighted by molar-refractivity contribution is 6.01. The Morgan fingerprint density at radius 3 is 2.95 bits per heavy atom. The molecule has 1 unspecified atom stereocenters. The summed E-state index contributed by atoms with van der Waals surface area (Å²) < 4.78 is 5.61. The average Bonchev–Trinajstić information content (AvgIpc) is 2.46. The molecule has 1 aromatic heterocycles. The molecule has 1 saturated heterocycles. The van der Waals surface area contributed by atoms with E-state index in [-0.39, 0.29) is 11.4 Å². The van der Waals surface area contributed by atoms with Crippen molar-refractivity contribution in [3.8, 4) is 0 Å². The van der Waals surface area contributed by atoms with Crippen LogP contribution in [0.2, 0.25) is 0 Å². The van der Waals surface area contributed by atoms with Crippen molar-refractivity contribution in [1.82, 2.24) is 4.98 Å². The smallest absolute Gasteiger partial charge is 0.173 e. The summed E-state index contributed by atoms with van der Waals surface area (Å²) in [5.74, 6) is 0.834. The molecular formula is C14H22N4O2. The summed E-state index contributed by atoms with van der Waals surface area (Å²) in [5, 5.41) is 12.0. The van der Waals surface area contributed by atoms with Gasteiger partial charge in [0.1, 0.15) is 5.82 Å². The normalized spacial score (nSPS) is 23.9. The Morgan fingerprint density at radius 1 is 1.55 bits per heavy atom. The van der Waals surface area contributed by atoms with Crippen LogP contribution >= 0.6 is 0 Å². The van der Waals surface area contributed by atoms with Crippen molar-refractivity contribution in [1.29, 1.82) is 0 Å². The van der Waals surface area contributed by atoms with E-state index >= 15 is 0 Å². The van der Waals surface area contributed by atoms with E-state index in [2.05, 4.69) is 22.0 Å². The summed E-state index contributed by atoms with van der Waals surface area (Å²) in [7, 11) is 1.73. The molecule has 3 N–H and O–H groups in total. The number of methoxy groups -OCH3 is 1. The number of pyridine rings is 1. The Bertz CT molecular complexity index is 518. The number of nitrogens with two attached hydrogens (primary N) is 1. The molecule has 0 aliphatic carbocycles. The lowest BCUT2D eigenvalue weighted by Gasteiger charge is -2.40. The molecule has 110 valence electrons. The minimum absolute atomic E-state index is 0.0807. The van der Waals surface area contributed by atoms with Gasteiger partial charge in [0.2, 0.25) is 0 Å². The van der Waals surface area contributed by atoms with Crippen LogP contribution in [0.3, 0.4) is 0 Å². The number of anilines is 1. The maximum Gasteiger partial charge on any atom is 0.173 e. The largest absolute Gasteiger partial charge is 0.409 e. The number of aryl methyl sites for hydroxylation is 1.